The molecule has 1 unspecified atom stereocenters. The van der Waals surface area contributed by atoms with Crippen molar-refractivity contribution in [2.24, 2.45) is 0 Å². The van der Waals surface area contributed by atoms with Crippen LogP contribution in [0.25, 0.3) is 0 Å². The van der Waals surface area contributed by atoms with Gasteiger partial charge in [0.1, 0.15) is 30.3 Å². The molecule has 1 aromatic carbocycles. The van der Waals surface area contributed by atoms with Gasteiger partial charge in [-0.15, -0.1) is 0 Å². The van der Waals surface area contributed by atoms with Crippen LogP contribution in [-0.2, 0) is 14.3 Å². The van der Waals surface area contributed by atoms with Crippen LogP contribution in [-0.4, -0.2) is 59.2 Å². The fraction of sp³-hybridized carbons (Fsp3) is 0.357. The average Bonchev–Trinajstić information content (AvgIpc) is 2.47. The van der Waals surface area contributed by atoms with Crippen LogP contribution >= 0.6 is 0 Å². The maximum Gasteiger partial charge on any atom is 0.344 e. The Kier molecular flexibility index (Phi) is 6.81. The van der Waals surface area contributed by atoms with Crippen molar-refractivity contribution in [3.05, 3.63) is 23.8 Å². The van der Waals surface area contributed by atoms with Crippen LogP contribution in [0.1, 0.15) is 17.3 Å². The van der Waals surface area contributed by atoms with Gasteiger partial charge < -0.3 is 29.5 Å². The van der Waals surface area contributed by atoms with Gasteiger partial charge in [0, 0.05) is 0 Å². The molecule has 0 aliphatic heterocycles. The number of carboxylic acids is 3. The number of hydrogen-bond acceptors (Lipinski definition) is 6. The molecule has 126 valence electrons. The van der Waals surface area contributed by atoms with Crippen molar-refractivity contribution in [3.63, 3.8) is 0 Å². The lowest BCUT2D eigenvalue weighted by Gasteiger charge is -2.14. The maximum atomic E-state index is 11.2. The molecule has 0 fully saturated rings. The van der Waals surface area contributed by atoms with Crippen molar-refractivity contribution in [1.29, 1.82) is 0 Å². The molecule has 0 heterocycles. The zero-order chi connectivity index (χ0) is 17.4. The first-order chi connectivity index (χ1) is 10.8. The van der Waals surface area contributed by atoms with Crippen LogP contribution in [0.2, 0.25) is 0 Å². The standard InChI is InChI=1S/C14H16O9/c1-8(13(17)18)23-11-3-2-9(6-10(11)14(19)20)22-5-4-21-7-12(15)16/h2-3,6,8H,4-5,7H2,1H3,(H,15,16)(H,17,18)(H,19,20). The van der Waals surface area contributed by atoms with Gasteiger partial charge in [-0.1, -0.05) is 0 Å². The van der Waals surface area contributed by atoms with Crippen molar-refractivity contribution in [2.45, 2.75) is 13.0 Å². The molecule has 0 radical (unpaired) electrons. The summed E-state index contributed by atoms with van der Waals surface area (Å²) >= 11 is 0. The Morgan fingerprint density at radius 2 is 1.83 bits per heavy atom. The van der Waals surface area contributed by atoms with Gasteiger partial charge >= 0.3 is 17.9 Å². The normalized spacial score (nSPS) is 11.5. The molecule has 9 heteroatoms. The molecule has 0 amide bonds. The molecule has 1 aromatic rings. The summed E-state index contributed by atoms with van der Waals surface area (Å²) < 4.78 is 15.1. The second-order valence-electron chi connectivity index (χ2n) is 4.36. The van der Waals surface area contributed by atoms with E-state index >= 15 is 0 Å². The summed E-state index contributed by atoms with van der Waals surface area (Å²) in [6.07, 6.45) is -1.20. The molecule has 0 saturated carbocycles. The summed E-state index contributed by atoms with van der Waals surface area (Å²) in [4.78, 5) is 32.2. The number of rotatable bonds is 10. The van der Waals surface area contributed by atoms with E-state index in [9.17, 15) is 14.4 Å². The highest BCUT2D eigenvalue weighted by atomic mass is 16.5. The van der Waals surface area contributed by atoms with E-state index in [1.807, 2.05) is 0 Å². The third kappa shape index (κ3) is 6.22. The summed E-state index contributed by atoms with van der Waals surface area (Å²) in [5.41, 5.74) is -0.248. The molecule has 1 atom stereocenters. The predicted octanol–water partition coefficient (Wildman–Crippen LogP) is 0.717. The van der Waals surface area contributed by atoms with E-state index in [1.54, 1.807) is 0 Å². The predicted molar refractivity (Wildman–Crippen MR) is 75.1 cm³/mol. The van der Waals surface area contributed by atoms with Gasteiger partial charge in [0.2, 0.25) is 0 Å². The SMILES string of the molecule is CC(Oc1ccc(OCCOCC(=O)O)cc1C(=O)O)C(=O)O. The molecular formula is C14H16O9. The molecule has 0 saturated heterocycles. The summed E-state index contributed by atoms with van der Waals surface area (Å²) in [5, 5.41) is 26.3. The van der Waals surface area contributed by atoms with Crippen molar-refractivity contribution < 1.29 is 43.9 Å². The molecule has 0 aliphatic carbocycles. The molecule has 9 nitrogen and oxygen atoms in total. The highest BCUT2D eigenvalue weighted by Crippen LogP contribution is 2.25. The van der Waals surface area contributed by atoms with Gasteiger partial charge in [-0.05, 0) is 25.1 Å². The summed E-state index contributed by atoms with van der Waals surface area (Å²) in [6.45, 7) is 0.864. The minimum Gasteiger partial charge on any atom is -0.491 e. The smallest absolute Gasteiger partial charge is 0.344 e. The van der Waals surface area contributed by atoms with E-state index in [0.717, 1.165) is 0 Å². The van der Waals surface area contributed by atoms with Crippen LogP contribution in [0.5, 0.6) is 11.5 Å². The molecule has 0 aliphatic rings. The molecular weight excluding hydrogens is 312 g/mol. The lowest BCUT2D eigenvalue weighted by molar-refractivity contribution is -0.144. The van der Waals surface area contributed by atoms with Crippen molar-refractivity contribution in [2.75, 3.05) is 19.8 Å². The Bertz CT molecular complexity index is 582. The Morgan fingerprint density at radius 1 is 1.13 bits per heavy atom. The van der Waals surface area contributed by atoms with Crippen molar-refractivity contribution >= 4 is 17.9 Å². The molecule has 0 spiro atoms. The van der Waals surface area contributed by atoms with E-state index < -0.39 is 30.6 Å². The van der Waals surface area contributed by atoms with Gasteiger partial charge in [0.05, 0.1) is 6.61 Å². The zero-order valence-corrected chi connectivity index (χ0v) is 12.2. The molecule has 23 heavy (non-hydrogen) atoms. The van der Waals surface area contributed by atoms with Crippen LogP contribution in [0.3, 0.4) is 0 Å². The first-order valence-corrected chi connectivity index (χ1v) is 6.50. The first kappa shape index (κ1) is 18.2. The number of aliphatic carboxylic acids is 2. The molecule has 0 bridgehead atoms. The van der Waals surface area contributed by atoms with E-state index in [-0.39, 0.29) is 30.3 Å². The topological polar surface area (TPSA) is 140 Å². The lowest BCUT2D eigenvalue weighted by atomic mass is 10.2. The van der Waals surface area contributed by atoms with Crippen molar-refractivity contribution in [3.8, 4) is 11.5 Å². The lowest BCUT2D eigenvalue weighted by Crippen LogP contribution is -2.23. The van der Waals surface area contributed by atoms with E-state index in [4.69, 9.17) is 29.5 Å². The number of carboxylic acid groups (broad SMARTS) is 3. The highest BCUT2D eigenvalue weighted by molar-refractivity contribution is 5.91. The minimum atomic E-state index is -1.30. The Morgan fingerprint density at radius 3 is 2.39 bits per heavy atom. The molecule has 0 aromatic heterocycles. The number of benzene rings is 1. The number of hydrogen-bond donors (Lipinski definition) is 3. The summed E-state index contributed by atoms with van der Waals surface area (Å²) in [7, 11) is 0. The highest BCUT2D eigenvalue weighted by Gasteiger charge is 2.18. The quantitative estimate of drug-likeness (QED) is 0.530. The van der Waals surface area contributed by atoms with Gasteiger partial charge in [-0.3, -0.25) is 0 Å². The summed E-state index contributed by atoms with van der Waals surface area (Å²) in [6, 6.07) is 3.88. The largest absolute Gasteiger partial charge is 0.491 e. The third-order valence-electron chi connectivity index (χ3n) is 2.55. The zero-order valence-electron chi connectivity index (χ0n) is 12.2. The first-order valence-electron chi connectivity index (χ1n) is 6.50. The summed E-state index contributed by atoms with van der Waals surface area (Å²) in [5.74, 6) is -3.52. The number of carbonyl (C=O) groups is 3. The maximum absolute atomic E-state index is 11.2. The van der Waals surface area contributed by atoms with Crippen molar-refractivity contribution in [1.82, 2.24) is 0 Å². The number of aromatic carboxylic acids is 1. The van der Waals surface area contributed by atoms with Crippen LogP contribution < -0.4 is 9.47 Å². The Labute approximate surface area is 131 Å². The second-order valence-corrected chi connectivity index (χ2v) is 4.36. The Balaban J connectivity index is 2.69. The van der Waals surface area contributed by atoms with Crippen LogP contribution in [0.15, 0.2) is 18.2 Å². The minimum absolute atomic E-state index is 0.0169. The van der Waals surface area contributed by atoms with Gasteiger partial charge in [0.15, 0.2) is 6.10 Å². The second kappa shape index (κ2) is 8.59. The molecule has 1 rings (SSSR count). The third-order valence-corrected chi connectivity index (χ3v) is 2.55. The number of ether oxygens (including phenoxy) is 3. The fourth-order valence-electron chi connectivity index (χ4n) is 1.49. The van der Waals surface area contributed by atoms with Gasteiger partial charge in [-0.25, -0.2) is 14.4 Å². The fourth-order valence-corrected chi connectivity index (χ4v) is 1.49. The monoisotopic (exact) mass is 328 g/mol. The van der Waals surface area contributed by atoms with E-state index in [2.05, 4.69) is 0 Å². The van der Waals surface area contributed by atoms with Crippen LogP contribution in [0.4, 0.5) is 0 Å². The van der Waals surface area contributed by atoms with Gasteiger partial charge in [0.25, 0.3) is 0 Å². The van der Waals surface area contributed by atoms with Gasteiger partial charge in [-0.2, -0.15) is 0 Å². The Hall–Kier alpha value is -2.81. The van der Waals surface area contributed by atoms with E-state index in [0.29, 0.717) is 0 Å². The van der Waals surface area contributed by atoms with Crippen LogP contribution in [0, 0.1) is 0 Å². The molecule has 3 N–H and O–H groups in total. The van der Waals surface area contributed by atoms with E-state index in [1.165, 1.54) is 25.1 Å². The average molecular weight is 328 g/mol.